The second-order valence-electron chi connectivity index (χ2n) is 5.38. The molecule has 1 aromatic heterocycles. The molecule has 0 unspecified atom stereocenters. The first-order chi connectivity index (χ1) is 11.6. The SMILES string of the molecule is CCCOc1ccc(-c2cc(C(=O)[O-])c3cc(Br)ccc3n2)cc1.[K+]. The Kier molecular flexibility index (Phi) is 7.61. The van der Waals surface area contributed by atoms with Gasteiger partial charge in [0.1, 0.15) is 5.75 Å². The van der Waals surface area contributed by atoms with Crippen LogP contribution in [0.2, 0.25) is 0 Å². The smallest absolute Gasteiger partial charge is 0.545 e. The van der Waals surface area contributed by atoms with Crippen molar-refractivity contribution in [3.05, 3.63) is 58.6 Å². The van der Waals surface area contributed by atoms with Gasteiger partial charge in [0.15, 0.2) is 0 Å². The van der Waals surface area contributed by atoms with Crippen LogP contribution in [0.3, 0.4) is 0 Å². The van der Waals surface area contributed by atoms with Gasteiger partial charge in [-0.05, 0) is 55.0 Å². The first-order valence-corrected chi connectivity index (χ1v) is 8.42. The molecule has 3 rings (SSSR count). The second kappa shape index (κ2) is 9.25. The Balaban J connectivity index is 0.00000225. The maximum Gasteiger partial charge on any atom is 1.00 e. The topological polar surface area (TPSA) is 62.2 Å². The average molecular weight is 424 g/mol. The summed E-state index contributed by atoms with van der Waals surface area (Å²) in [6.07, 6.45) is 0.943. The number of carbonyl (C=O) groups is 1. The van der Waals surface area contributed by atoms with E-state index in [-0.39, 0.29) is 56.9 Å². The summed E-state index contributed by atoms with van der Waals surface area (Å²) in [5.74, 6) is -0.435. The number of nitrogens with zero attached hydrogens (tertiary/aromatic N) is 1. The maximum atomic E-state index is 11.5. The van der Waals surface area contributed by atoms with E-state index in [4.69, 9.17) is 4.74 Å². The van der Waals surface area contributed by atoms with Crippen molar-refractivity contribution < 1.29 is 66.0 Å². The summed E-state index contributed by atoms with van der Waals surface area (Å²) in [4.78, 5) is 16.1. The zero-order valence-electron chi connectivity index (χ0n) is 14.1. The van der Waals surface area contributed by atoms with Crippen LogP contribution in [0.25, 0.3) is 22.2 Å². The fraction of sp³-hybridized carbons (Fsp3) is 0.158. The van der Waals surface area contributed by atoms with Gasteiger partial charge in [0, 0.05) is 21.0 Å². The summed E-state index contributed by atoms with van der Waals surface area (Å²) in [7, 11) is 0. The molecule has 0 saturated carbocycles. The molecule has 0 fully saturated rings. The van der Waals surface area contributed by atoms with Crippen LogP contribution >= 0.6 is 15.9 Å². The third-order valence-electron chi connectivity index (χ3n) is 3.61. The molecule has 0 spiro atoms. The first kappa shape index (κ1) is 20.5. The molecule has 0 radical (unpaired) electrons. The molecule has 25 heavy (non-hydrogen) atoms. The van der Waals surface area contributed by atoms with Crippen molar-refractivity contribution in [2.45, 2.75) is 13.3 Å². The molecule has 0 amide bonds. The maximum absolute atomic E-state index is 11.5. The third kappa shape index (κ3) is 4.90. The molecule has 0 aliphatic carbocycles. The zero-order valence-corrected chi connectivity index (χ0v) is 18.8. The van der Waals surface area contributed by atoms with Crippen molar-refractivity contribution in [1.29, 1.82) is 0 Å². The predicted molar refractivity (Wildman–Crippen MR) is 95.0 cm³/mol. The number of benzene rings is 2. The van der Waals surface area contributed by atoms with Crippen molar-refractivity contribution >= 4 is 32.8 Å². The van der Waals surface area contributed by atoms with Gasteiger partial charge in [-0.1, -0.05) is 22.9 Å². The van der Waals surface area contributed by atoms with E-state index in [1.54, 1.807) is 18.2 Å². The van der Waals surface area contributed by atoms with E-state index in [2.05, 4.69) is 20.9 Å². The van der Waals surface area contributed by atoms with Crippen LogP contribution in [-0.2, 0) is 0 Å². The molecule has 6 heteroatoms. The van der Waals surface area contributed by atoms with Gasteiger partial charge in [0.25, 0.3) is 0 Å². The standard InChI is InChI=1S/C19H16BrNO3.K/c1-2-9-24-14-6-3-12(4-7-14)18-11-16(19(22)23)15-10-13(20)5-8-17(15)21-18;/h3-8,10-11H,2,9H2,1H3,(H,22,23);/q;+1/p-1. The van der Waals surface area contributed by atoms with Crippen molar-refractivity contribution in [3.63, 3.8) is 0 Å². The van der Waals surface area contributed by atoms with Crippen LogP contribution in [0.5, 0.6) is 5.75 Å². The van der Waals surface area contributed by atoms with Gasteiger partial charge in [0.2, 0.25) is 0 Å². The second-order valence-corrected chi connectivity index (χ2v) is 6.29. The molecule has 0 N–H and O–H groups in total. The first-order valence-electron chi connectivity index (χ1n) is 7.63. The molecule has 0 atom stereocenters. The molecule has 1 heterocycles. The normalized spacial score (nSPS) is 10.3. The van der Waals surface area contributed by atoms with Gasteiger partial charge in [-0.15, -0.1) is 0 Å². The number of hydrogen-bond donors (Lipinski definition) is 0. The minimum atomic E-state index is -1.22. The van der Waals surface area contributed by atoms with Gasteiger partial charge < -0.3 is 14.6 Å². The number of halogens is 1. The van der Waals surface area contributed by atoms with Gasteiger partial charge in [-0.25, -0.2) is 4.98 Å². The summed E-state index contributed by atoms with van der Waals surface area (Å²) in [5, 5.41) is 12.1. The third-order valence-corrected chi connectivity index (χ3v) is 4.11. The van der Waals surface area contributed by atoms with E-state index in [0.717, 1.165) is 22.2 Å². The monoisotopic (exact) mass is 423 g/mol. The fourth-order valence-electron chi connectivity index (χ4n) is 2.46. The summed E-state index contributed by atoms with van der Waals surface area (Å²) >= 11 is 3.35. The minimum Gasteiger partial charge on any atom is -0.545 e. The Morgan fingerprint density at radius 3 is 2.52 bits per heavy atom. The predicted octanol–water partition coefficient (Wildman–Crippen LogP) is 0.821. The summed E-state index contributed by atoms with van der Waals surface area (Å²) in [6.45, 7) is 2.71. The van der Waals surface area contributed by atoms with Gasteiger partial charge in [0.05, 0.1) is 23.8 Å². The van der Waals surface area contributed by atoms with Gasteiger partial charge >= 0.3 is 51.4 Å². The number of carboxylic acids is 1. The average Bonchev–Trinajstić information content (AvgIpc) is 2.59. The quantitative estimate of drug-likeness (QED) is 0.570. The van der Waals surface area contributed by atoms with Gasteiger partial charge in [-0.3, -0.25) is 0 Å². The Labute approximate surface area is 197 Å². The Bertz CT molecular complexity index is 897. The number of aromatic nitrogens is 1. The van der Waals surface area contributed by atoms with E-state index in [1.807, 2.05) is 37.3 Å². The minimum absolute atomic E-state index is 0. The molecule has 0 aliphatic heterocycles. The molecule has 0 bridgehead atoms. The van der Waals surface area contributed by atoms with Crippen LogP contribution in [0, 0.1) is 0 Å². The number of ether oxygens (including phenoxy) is 1. The molecule has 2 aromatic carbocycles. The van der Waals surface area contributed by atoms with Crippen molar-refractivity contribution in [2.24, 2.45) is 0 Å². The number of rotatable bonds is 5. The van der Waals surface area contributed by atoms with E-state index in [1.165, 1.54) is 0 Å². The van der Waals surface area contributed by atoms with E-state index in [9.17, 15) is 9.90 Å². The molecule has 3 aromatic rings. The fourth-order valence-corrected chi connectivity index (χ4v) is 2.82. The summed E-state index contributed by atoms with van der Waals surface area (Å²) in [6, 6.07) is 14.4. The largest absolute Gasteiger partial charge is 1.00 e. The summed E-state index contributed by atoms with van der Waals surface area (Å²) < 4.78 is 6.36. The number of carbonyl (C=O) groups excluding carboxylic acids is 1. The van der Waals surface area contributed by atoms with E-state index < -0.39 is 5.97 Å². The molecular formula is C19H15BrKNO3. The Hall–Kier alpha value is -0.764. The zero-order chi connectivity index (χ0) is 17.1. The number of pyridine rings is 1. The number of hydrogen-bond acceptors (Lipinski definition) is 4. The van der Waals surface area contributed by atoms with E-state index >= 15 is 0 Å². The number of fused-ring (bicyclic) bond motifs is 1. The molecule has 4 nitrogen and oxygen atoms in total. The molecule has 122 valence electrons. The molecule has 0 aliphatic rings. The van der Waals surface area contributed by atoms with Crippen molar-refractivity contribution in [3.8, 4) is 17.0 Å². The number of carboxylic acid groups (broad SMARTS) is 1. The Morgan fingerprint density at radius 1 is 1.16 bits per heavy atom. The van der Waals surface area contributed by atoms with Crippen LogP contribution in [0.1, 0.15) is 23.7 Å². The van der Waals surface area contributed by atoms with Gasteiger partial charge in [-0.2, -0.15) is 0 Å². The number of aromatic carboxylic acids is 1. The van der Waals surface area contributed by atoms with Crippen LogP contribution in [0.15, 0.2) is 53.0 Å². The Morgan fingerprint density at radius 2 is 1.88 bits per heavy atom. The summed E-state index contributed by atoms with van der Waals surface area (Å²) in [5.41, 5.74) is 2.15. The van der Waals surface area contributed by atoms with E-state index in [0.29, 0.717) is 23.2 Å². The van der Waals surface area contributed by atoms with Crippen LogP contribution in [-0.4, -0.2) is 17.6 Å². The molecule has 0 saturated heterocycles. The van der Waals surface area contributed by atoms with Crippen LogP contribution < -0.4 is 61.2 Å². The van der Waals surface area contributed by atoms with Crippen LogP contribution in [0.4, 0.5) is 0 Å². The van der Waals surface area contributed by atoms with Crippen molar-refractivity contribution in [1.82, 2.24) is 4.98 Å². The molecular weight excluding hydrogens is 409 g/mol. The van der Waals surface area contributed by atoms with Crippen molar-refractivity contribution in [2.75, 3.05) is 6.61 Å².